The summed E-state index contributed by atoms with van der Waals surface area (Å²) in [6, 6.07) is 7.56. The molecule has 1 heterocycles. The Kier molecular flexibility index (Phi) is 13.0. The summed E-state index contributed by atoms with van der Waals surface area (Å²) >= 11 is 0. The summed E-state index contributed by atoms with van der Waals surface area (Å²) in [5, 5.41) is 2.85. The van der Waals surface area contributed by atoms with E-state index < -0.39 is 6.09 Å². The van der Waals surface area contributed by atoms with Crippen LogP contribution in [0, 0.1) is 0 Å². The monoisotopic (exact) mass is 470 g/mol. The number of ether oxygens (including phenoxy) is 2. The normalized spacial score (nSPS) is 15.2. The number of halogens is 1. The Morgan fingerprint density at radius 2 is 1.69 bits per heavy atom. The van der Waals surface area contributed by atoms with Gasteiger partial charge in [-0.25, -0.2) is 4.79 Å². The number of carbonyl (C=O) groups is 1. The third kappa shape index (κ3) is 9.39. The first-order chi connectivity index (χ1) is 13.7. The second-order valence-corrected chi connectivity index (χ2v) is 7.96. The number of quaternary nitrogens is 1. The molecule has 2 rings (SSSR count). The van der Waals surface area contributed by atoms with Crippen molar-refractivity contribution in [3.63, 3.8) is 0 Å². The number of amides is 1. The molecule has 1 aliphatic heterocycles. The SMILES string of the molecule is CCCCCOc1ccccc1NC(=O)OCC[N+]1(CCCC)CCCCC1.[Br-]. The van der Waals surface area contributed by atoms with Crippen LogP contribution in [0.4, 0.5) is 10.5 Å². The van der Waals surface area contributed by atoms with E-state index in [1.54, 1.807) is 0 Å². The van der Waals surface area contributed by atoms with Crippen molar-refractivity contribution in [3.05, 3.63) is 24.3 Å². The number of benzene rings is 1. The molecule has 0 aliphatic carbocycles. The Hall–Kier alpha value is -1.27. The molecule has 0 radical (unpaired) electrons. The van der Waals surface area contributed by atoms with Gasteiger partial charge in [-0.1, -0.05) is 45.2 Å². The van der Waals surface area contributed by atoms with Gasteiger partial charge in [0.05, 0.1) is 31.9 Å². The second kappa shape index (κ2) is 14.7. The fraction of sp³-hybridized carbons (Fsp3) is 0.696. The summed E-state index contributed by atoms with van der Waals surface area (Å²) in [6.07, 6.45) is 9.32. The van der Waals surface area contributed by atoms with Crippen molar-refractivity contribution in [2.24, 2.45) is 0 Å². The van der Waals surface area contributed by atoms with Crippen LogP contribution in [-0.2, 0) is 4.74 Å². The summed E-state index contributed by atoms with van der Waals surface area (Å²) in [6.45, 7) is 10.1. The highest BCUT2D eigenvalue weighted by atomic mass is 79.9. The van der Waals surface area contributed by atoms with Crippen molar-refractivity contribution in [1.82, 2.24) is 0 Å². The number of unbranched alkanes of at least 4 members (excludes halogenated alkanes) is 3. The van der Waals surface area contributed by atoms with Gasteiger partial charge >= 0.3 is 6.09 Å². The van der Waals surface area contributed by atoms with E-state index in [2.05, 4.69) is 19.2 Å². The summed E-state index contributed by atoms with van der Waals surface area (Å²) in [4.78, 5) is 12.3. The zero-order valence-electron chi connectivity index (χ0n) is 18.3. The topological polar surface area (TPSA) is 47.6 Å². The number of para-hydroxylation sites is 2. The Bertz CT molecular complexity index is 577. The summed E-state index contributed by atoms with van der Waals surface area (Å²) in [7, 11) is 0. The molecule has 1 aliphatic rings. The van der Waals surface area contributed by atoms with Crippen LogP contribution in [0.15, 0.2) is 24.3 Å². The molecule has 1 amide bonds. The molecule has 6 heteroatoms. The number of carbonyl (C=O) groups excluding carboxylic acids is 1. The van der Waals surface area contributed by atoms with Crippen molar-refractivity contribution in [2.75, 3.05) is 44.7 Å². The minimum Gasteiger partial charge on any atom is -1.00 e. The number of hydrogen-bond donors (Lipinski definition) is 1. The molecule has 166 valence electrons. The van der Waals surface area contributed by atoms with E-state index in [9.17, 15) is 4.79 Å². The lowest BCUT2D eigenvalue weighted by Gasteiger charge is -2.41. The Labute approximate surface area is 187 Å². The average molecular weight is 471 g/mol. The molecule has 1 N–H and O–H groups in total. The molecule has 0 saturated carbocycles. The van der Waals surface area contributed by atoms with E-state index in [1.165, 1.54) is 51.7 Å². The molecule has 0 unspecified atom stereocenters. The van der Waals surface area contributed by atoms with E-state index in [0.717, 1.165) is 30.3 Å². The Morgan fingerprint density at radius 1 is 0.966 bits per heavy atom. The quantitative estimate of drug-likeness (QED) is 0.377. The van der Waals surface area contributed by atoms with Gasteiger partial charge in [-0.15, -0.1) is 0 Å². The predicted molar refractivity (Wildman–Crippen MR) is 115 cm³/mol. The Morgan fingerprint density at radius 3 is 2.41 bits per heavy atom. The fourth-order valence-electron chi connectivity index (χ4n) is 3.94. The van der Waals surface area contributed by atoms with E-state index in [0.29, 0.717) is 24.7 Å². The molecule has 0 aromatic heterocycles. The molecular weight excluding hydrogens is 432 g/mol. The van der Waals surface area contributed by atoms with Gasteiger partial charge in [-0.2, -0.15) is 0 Å². The maximum absolute atomic E-state index is 12.3. The number of nitrogens with zero attached hydrogens (tertiary/aromatic N) is 1. The molecule has 1 fully saturated rings. The van der Waals surface area contributed by atoms with E-state index in [-0.39, 0.29) is 17.0 Å². The van der Waals surface area contributed by atoms with E-state index in [1.807, 2.05) is 24.3 Å². The maximum atomic E-state index is 12.3. The number of rotatable bonds is 12. The van der Waals surface area contributed by atoms with Gasteiger partial charge in [0.2, 0.25) is 0 Å². The first kappa shape index (κ1) is 25.8. The number of piperidine rings is 1. The lowest BCUT2D eigenvalue weighted by molar-refractivity contribution is -0.932. The van der Waals surface area contributed by atoms with Gasteiger partial charge in [0.25, 0.3) is 0 Å². The molecule has 0 atom stereocenters. The third-order valence-corrected chi connectivity index (χ3v) is 5.68. The smallest absolute Gasteiger partial charge is 0.411 e. The molecule has 0 spiro atoms. The minimum absolute atomic E-state index is 0. The van der Waals surface area contributed by atoms with E-state index in [4.69, 9.17) is 9.47 Å². The average Bonchev–Trinajstić information content (AvgIpc) is 2.71. The van der Waals surface area contributed by atoms with Gasteiger partial charge in [-0.05, 0) is 44.2 Å². The second-order valence-electron chi connectivity index (χ2n) is 7.96. The van der Waals surface area contributed by atoms with Crippen molar-refractivity contribution < 1.29 is 35.7 Å². The molecule has 0 bridgehead atoms. The standard InChI is InChI=1S/C23H38N2O3.BrH/c1-3-5-12-19-27-22-14-9-8-13-21(22)24-23(26)28-20-18-25(15-6-4-2)16-10-7-11-17-25;/h8-9,13-14H,3-7,10-12,15-20H2,1-2H3;1H. The van der Waals surface area contributed by atoms with E-state index >= 15 is 0 Å². The van der Waals surface area contributed by atoms with Gasteiger partial charge in [-0.3, -0.25) is 5.32 Å². The van der Waals surface area contributed by atoms with Crippen molar-refractivity contribution in [1.29, 1.82) is 0 Å². The highest BCUT2D eigenvalue weighted by Crippen LogP contribution is 2.24. The van der Waals surface area contributed by atoms with Crippen LogP contribution in [0.5, 0.6) is 5.75 Å². The van der Waals surface area contributed by atoms with Crippen LogP contribution in [0.3, 0.4) is 0 Å². The fourth-order valence-corrected chi connectivity index (χ4v) is 3.94. The van der Waals surface area contributed by atoms with Crippen LogP contribution in [-0.4, -0.2) is 50.0 Å². The summed E-state index contributed by atoms with van der Waals surface area (Å²) < 4.78 is 12.5. The van der Waals surface area contributed by atoms with Gasteiger partial charge in [0.1, 0.15) is 18.9 Å². The molecule has 1 aromatic carbocycles. The minimum atomic E-state index is -0.393. The van der Waals surface area contributed by atoms with Crippen LogP contribution in [0.1, 0.15) is 65.2 Å². The highest BCUT2D eigenvalue weighted by Gasteiger charge is 2.29. The molecular formula is C23H39BrN2O3. The predicted octanol–water partition coefficient (Wildman–Crippen LogP) is 2.61. The third-order valence-electron chi connectivity index (χ3n) is 5.68. The lowest BCUT2D eigenvalue weighted by Crippen LogP contribution is -3.00. The summed E-state index contributed by atoms with van der Waals surface area (Å²) in [5.41, 5.74) is 0.678. The Balaban J connectivity index is 0.00000420. The van der Waals surface area contributed by atoms with Gasteiger partial charge < -0.3 is 30.9 Å². The van der Waals surface area contributed by atoms with Crippen LogP contribution >= 0.6 is 0 Å². The van der Waals surface area contributed by atoms with Crippen LogP contribution in [0.2, 0.25) is 0 Å². The van der Waals surface area contributed by atoms with Gasteiger partial charge in [0.15, 0.2) is 0 Å². The maximum Gasteiger partial charge on any atom is 0.411 e. The lowest BCUT2D eigenvalue weighted by atomic mass is 10.1. The zero-order chi connectivity index (χ0) is 20.1. The van der Waals surface area contributed by atoms with Crippen LogP contribution < -0.4 is 27.0 Å². The molecule has 1 aromatic rings. The van der Waals surface area contributed by atoms with Crippen molar-refractivity contribution >= 4 is 11.8 Å². The first-order valence-electron chi connectivity index (χ1n) is 11.2. The zero-order valence-corrected chi connectivity index (χ0v) is 19.8. The first-order valence-corrected chi connectivity index (χ1v) is 11.2. The number of hydrogen-bond acceptors (Lipinski definition) is 3. The number of likely N-dealkylation sites (tertiary alicyclic amines) is 1. The van der Waals surface area contributed by atoms with Crippen LogP contribution in [0.25, 0.3) is 0 Å². The largest absolute Gasteiger partial charge is 1.00 e. The van der Waals surface area contributed by atoms with Crippen molar-refractivity contribution in [3.8, 4) is 5.75 Å². The van der Waals surface area contributed by atoms with Gasteiger partial charge in [0, 0.05) is 0 Å². The molecule has 5 nitrogen and oxygen atoms in total. The molecule has 29 heavy (non-hydrogen) atoms. The number of nitrogens with one attached hydrogen (secondary N) is 1. The highest BCUT2D eigenvalue weighted by molar-refractivity contribution is 5.86. The number of anilines is 1. The molecule has 1 saturated heterocycles. The van der Waals surface area contributed by atoms with Crippen molar-refractivity contribution in [2.45, 2.75) is 65.2 Å². The summed E-state index contributed by atoms with van der Waals surface area (Å²) in [5.74, 6) is 0.707.